The minimum atomic E-state index is -1.47. The largest absolute Gasteiger partial charge is 0.481 e. The summed E-state index contributed by atoms with van der Waals surface area (Å²) in [6.07, 6.45) is -0.0208. The molecule has 0 aliphatic carbocycles. The number of carboxylic acid groups (broad SMARTS) is 2. The third-order valence-corrected chi connectivity index (χ3v) is 6.92. The number of aromatic carboxylic acids is 1. The molecule has 0 bridgehead atoms. The molecule has 9 nitrogen and oxygen atoms in total. The molecule has 0 radical (unpaired) electrons. The van der Waals surface area contributed by atoms with Crippen LogP contribution in [0.25, 0.3) is 0 Å². The number of rotatable bonds is 8. The van der Waals surface area contributed by atoms with Gasteiger partial charge in [-0.05, 0) is 69.4 Å². The van der Waals surface area contributed by atoms with E-state index >= 15 is 0 Å². The Morgan fingerprint density at radius 2 is 1.73 bits per heavy atom. The lowest BCUT2D eigenvalue weighted by Crippen LogP contribution is -2.51. The Kier molecular flexibility index (Phi) is 8.63. The fourth-order valence-electron chi connectivity index (χ4n) is 4.59. The predicted molar refractivity (Wildman–Crippen MR) is 140 cm³/mol. The number of nitrogens with zero attached hydrogens (tertiary/aromatic N) is 1. The number of halogens is 1. The highest BCUT2D eigenvalue weighted by Gasteiger charge is 2.50. The Bertz CT molecular complexity index is 1190. The molecule has 10 heteroatoms. The van der Waals surface area contributed by atoms with E-state index in [2.05, 4.69) is 21.2 Å². The number of hydrogen-bond donors (Lipinski definition) is 3. The molecule has 0 aromatic heterocycles. The second kappa shape index (κ2) is 11.3. The van der Waals surface area contributed by atoms with Crippen molar-refractivity contribution in [1.82, 2.24) is 10.2 Å². The van der Waals surface area contributed by atoms with Gasteiger partial charge in [-0.1, -0.05) is 40.2 Å². The van der Waals surface area contributed by atoms with Gasteiger partial charge in [0.25, 0.3) is 5.91 Å². The lowest BCUT2D eigenvalue weighted by atomic mass is 9.70. The molecule has 1 aliphatic heterocycles. The normalized spacial score (nSPS) is 17.1. The standard InChI is InChI=1S/C27H31BrN2O7/c1-26(2,3)37-25(36)30-12-11-18(15-30)27(24(34)35,14-17-7-6-8-19(28)13-17)16-29-22(31)20-9-4-5-10-21(20)23(32)33/h4-10,13,18H,11-12,14-16H2,1-3H3,(H,29,31)(H,32,33)(H,34,35)/t18-,27-/m0/s1. The van der Waals surface area contributed by atoms with Gasteiger partial charge in [0.2, 0.25) is 0 Å². The van der Waals surface area contributed by atoms with Gasteiger partial charge in [0.15, 0.2) is 0 Å². The van der Waals surface area contributed by atoms with Gasteiger partial charge >= 0.3 is 18.0 Å². The zero-order chi connectivity index (χ0) is 27.4. The quantitative estimate of drug-likeness (QED) is 0.424. The molecule has 0 saturated carbocycles. The van der Waals surface area contributed by atoms with Gasteiger partial charge in [-0.15, -0.1) is 0 Å². The van der Waals surface area contributed by atoms with Crippen molar-refractivity contribution in [2.45, 2.75) is 39.2 Å². The van der Waals surface area contributed by atoms with Crippen LogP contribution in [0.3, 0.4) is 0 Å². The molecule has 1 fully saturated rings. The maximum Gasteiger partial charge on any atom is 0.410 e. The number of carbonyl (C=O) groups excluding carboxylic acids is 2. The number of nitrogens with one attached hydrogen (secondary N) is 1. The van der Waals surface area contributed by atoms with Gasteiger partial charge < -0.3 is 25.2 Å². The van der Waals surface area contributed by atoms with Crippen LogP contribution in [0.2, 0.25) is 0 Å². The third-order valence-electron chi connectivity index (χ3n) is 6.42. The van der Waals surface area contributed by atoms with Crippen LogP contribution in [0, 0.1) is 11.3 Å². The summed E-state index contributed by atoms with van der Waals surface area (Å²) in [6.45, 7) is 5.50. The predicted octanol–water partition coefficient (Wildman–Crippen LogP) is 4.45. The van der Waals surface area contributed by atoms with Crippen LogP contribution in [0.1, 0.15) is 53.5 Å². The second-order valence-corrected chi connectivity index (χ2v) is 11.1. The molecule has 2 aromatic rings. The van der Waals surface area contributed by atoms with E-state index in [-0.39, 0.29) is 30.6 Å². The Morgan fingerprint density at radius 1 is 1.05 bits per heavy atom. The third kappa shape index (κ3) is 6.88. The SMILES string of the molecule is CC(C)(C)OC(=O)N1CC[C@H]([C@@](CNC(=O)c2ccccc2C(=O)O)(Cc2cccc(Br)c2)C(=O)O)C1. The van der Waals surface area contributed by atoms with Crippen molar-refractivity contribution in [3.05, 3.63) is 69.7 Å². The molecular weight excluding hydrogens is 544 g/mol. The number of ether oxygens (including phenoxy) is 1. The molecule has 2 atom stereocenters. The Hall–Kier alpha value is -3.40. The van der Waals surface area contributed by atoms with E-state index in [1.807, 2.05) is 18.2 Å². The molecule has 2 aromatic carbocycles. The van der Waals surface area contributed by atoms with Crippen LogP contribution in [0.4, 0.5) is 4.79 Å². The van der Waals surface area contributed by atoms with E-state index < -0.39 is 40.9 Å². The highest BCUT2D eigenvalue weighted by Crippen LogP contribution is 2.39. The average molecular weight is 575 g/mol. The Balaban J connectivity index is 1.92. The highest BCUT2D eigenvalue weighted by atomic mass is 79.9. The van der Waals surface area contributed by atoms with E-state index in [1.165, 1.54) is 23.1 Å². The monoisotopic (exact) mass is 574 g/mol. The molecule has 1 aliphatic rings. The maximum absolute atomic E-state index is 13.0. The van der Waals surface area contributed by atoms with Crippen LogP contribution < -0.4 is 5.32 Å². The number of aliphatic carboxylic acids is 1. The minimum absolute atomic E-state index is 0.0569. The highest BCUT2D eigenvalue weighted by molar-refractivity contribution is 9.10. The van der Waals surface area contributed by atoms with Crippen molar-refractivity contribution >= 4 is 39.9 Å². The number of benzene rings is 2. The molecule has 3 N–H and O–H groups in total. The zero-order valence-corrected chi connectivity index (χ0v) is 22.6. The van der Waals surface area contributed by atoms with Gasteiger partial charge in [-0.3, -0.25) is 9.59 Å². The fraction of sp³-hybridized carbons (Fsp3) is 0.407. The summed E-state index contributed by atoms with van der Waals surface area (Å²) in [6, 6.07) is 13.0. The Morgan fingerprint density at radius 3 is 2.32 bits per heavy atom. The van der Waals surface area contributed by atoms with Crippen LogP contribution in [0.15, 0.2) is 53.0 Å². The molecule has 1 saturated heterocycles. The summed E-state index contributed by atoms with van der Waals surface area (Å²) in [5, 5.41) is 22.7. The maximum atomic E-state index is 13.0. The van der Waals surface area contributed by atoms with E-state index in [4.69, 9.17) is 4.74 Å². The summed E-state index contributed by atoms with van der Waals surface area (Å²) in [4.78, 5) is 51.7. The van der Waals surface area contributed by atoms with E-state index in [0.717, 1.165) is 10.0 Å². The van der Waals surface area contributed by atoms with Gasteiger partial charge in [-0.25, -0.2) is 9.59 Å². The Labute approximate surface area is 223 Å². The number of carboxylic acids is 2. The summed E-state index contributed by atoms with van der Waals surface area (Å²) >= 11 is 3.42. The van der Waals surface area contributed by atoms with Crippen molar-refractivity contribution in [3.8, 4) is 0 Å². The number of carbonyl (C=O) groups is 4. The topological polar surface area (TPSA) is 133 Å². The zero-order valence-electron chi connectivity index (χ0n) is 21.0. The fourth-order valence-corrected chi connectivity index (χ4v) is 5.04. The summed E-state index contributed by atoms with van der Waals surface area (Å²) < 4.78 is 6.26. The average Bonchev–Trinajstić information content (AvgIpc) is 3.31. The number of likely N-dealkylation sites (tertiary alicyclic amines) is 1. The van der Waals surface area contributed by atoms with Crippen LogP contribution in [-0.4, -0.2) is 64.3 Å². The minimum Gasteiger partial charge on any atom is -0.481 e. The van der Waals surface area contributed by atoms with Gasteiger partial charge in [-0.2, -0.15) is 0 Å². The van der Waals surface area contributed by atoms with Crippen LogP contribution in [-0.2, 0) is 16.0 Å². The van der Waals surface area contributed by atoms with E-state index in [0.29, 0.717) is 13.0 Å². The van der Waals surface area contributed by atoms with Crippen molar-refractivity contribution in [2.24, 2.45) is 11.3 Å². The van der Waals surface area contributed by atoms with Crippen molar-refractivity contribution in [1.29, 1.82) is 0 Å². The molecule has 3 rings (SSSR count). The summed E-state index contributed by atoms with van der Waals surface area (Å²) in [5.74, 6) is -3.55. The van der Waals surface area contributed by atoms with Crippen molar-refractivity contribution in [3.63, 3.8) is 0 Å². The number of amides is 2. The summed E-state index contributed by atoms with van der Waals surface area (Å²) in [5.41, 5.74) is -1.65. The summed E-state index contributed by atoms with van der Waals surface area (Å²) in [7, 11) is 0. The van der Waals surface area contributed by atoms with Crippen molar-refractivity contribution in [2.75, 3.05) is 19.6 Å². The first-order chi connectivity index (χ1) is 17.3. The molecule has 37 heavy (non-hydrogen) atoms. The first-order valence-electron chi connectivity index (χ1n) is 11.9. The second-order valence-electron chi connectivity index (χ2n) is 10.2. The lowest BCUT2D eigenvalue weighted by molar-refractivity contribution is -0.152. The van der Waals surface area contributed by atoms with Gasteiger partial charge in [0.1, 0.15) is 5.60 Å². The first-order valence-corrected chi connectivity index (χ1v) is 12.7. The van der Waals surface area contributed by atoms with Crippen LogP contribution >= 0.6 is 15.9 Å². The molecule has 1 heterocycles. The molecule has 198 valence electrons. The molecule has 0 unspecified atom stereocenters. The van der Waals surface area contributed by atoms with Crippen molar-refractivity contribution < 1.29 is 34.1 Å². The van der Waals surface area contributed by atoms with E-state index in [1.54, 1.807) is 32.9 Å². The molecule has 2 amide bonds. The first kappa shape index (κ1) is 28.2. The molecule has 0 spiro atoms. The smallest absolute Gasteiger partial charge is 0.410 e. The lowest BCUT2D eigenvalue weighted by Gasteiger charge is -2.36. The number of hydrogen-bond acceptors (Lipinski definition) is 5. The van der Waals surface area contributed by atoms with Gasteiger partial charge in [0.05, 0.1) is 16.5 Å². The van der Waals surface area contributed by atoms with Gasteiger partial charge in [0, 0.05) is 24.1 Å². The molecular formula is C27H31BrN2O7. The van der Waals surface area contributed by atoms with E-state index in [9.17, 15) is 29.4 Å². The van der Waals surface area contributed by atoms with Crippen LogP contribution in [0.5, 0.6) is 0 Å².